The molecule has 0 saturated carbocycles. The number of thiazole rings is 1. The molecule has 0 saturated heterocycles. The van der Waals surface area contributed by atoms with E-state index in [1.54, 1.807) is 18.3 Å². The van der Waals surface area contributed by atoms with E-state index in [0.717, 1.165) is 36.6 Å². The van der Waals surface area contributed by atoms with Gasteiger partial charge in [-0.2, -0.15) is 4.57 Å². The van der Waals surface area contributed by atoms with Crippen molar-refractivity contribution < 1.29 is 14.1 Å². The summed E-state index contributed by atoms with van der Waals surface area (Å²) >= 11 is 1.68. The number of rotatable bonds is 21. The summed E-state index contributed by atoms with van der Waals surface area (Å²) in [7, 11) is 0. The quantitative estimate of drug-likeness (QED) is 0.0955. The van der Waals surface area contributed by atoms with Gasteiger partial charge in [0.15, 0.2) is 12.7 Å². The molecule has 1 aromatic heterocycles. The van der Waals surface area contributed by atoms with Crippen molar-refractivity contribution in [3.63, 3.8) is 0 Å². The van der Waals surface area contributed by atoms with Gasteiger partial charge in [-0.15, -0.1) is 0 Å². The largest absolute Gasteiger partial charge is 0.494 e. The molecule has 1 heterocycles. The summed E-state index contributed by atoms with van der Waals surface area (Å²) in [6.07, 6.45) is 21.1. The van der Waals surface area contributed by atoms with Gasteiger partial charge in [0.25, 0.3) is 0 Å². The minimum atomic E-state index is 0.0362. The standard InChI is InChI=1S/C35H51N2O2S/c1-3-4-5-6-7-8-9-10-11-12-13-14-15-16-24-39-35-22-18-20-33(27-35)29-37(31(2)38)34-21-17-19-32(26-34)28-36-23-25-40-30-36/h17-23,25-27,30H,3-16,24,28-29H2,1-2H3/q+1. The maximum Gasteiger partial charge on any atom is 0.224 e. The van der Waals surface area contributed by atoms with Gasteiger partial charge in [0.1, 0.15) is 5.75 Å². The SMILES string of the molecule is CCCCCCCCCCCCCCCCOc1cccc(CN(C(C)=O)c2cccc(C[n+]3ccsc3)c2)c1. The molecule has 218 valence electrons. The fourth-order valence-corrected chi connectivity index (χ4v) is 5.77. The summed E-state index contributed by atoms with van der Waals surface area (Å²) < 4.78 is 8.23. The van der Waals surface area contributed by atoms with E-state index in [-0.39, 0.29) is 5.91 Å². The highest BCUT2D eigenvalue weighted by Crippen LogP contribution is 2.22. The Labute approximate surface area is 247 Å². The van der Waals surface area contributed by atoms with Crippen molar-refractivity contribution >= 4 is 22.9 Å². The highest BCUT2D eigenvalue weighted by Gasteiger charge is 2.14. The van der Waals surface area contributed by atoms with Crippen LogP contribution < -0.4 is 14.2 Å². The summed E-state index contributed by atoms with van der Waals surface area (Å²) in [5.41, 5.74) is 5.28. The molecule has 0 atom stereocenters. The Kier molecular flexibility index (Phi) is 15.5. The monoisotopic (exact) mass is 563 g/mol. The number of amides is 1. The molecule has 3 rings (SSSR count). The van der Waals surface area contributed by atoms with Crippen molar-refractivity contribution in [2.24, 2.45) is 0 Å². The number of carbonyl (C=O) groups is 1. The molecule has 0 aliphatic rings. The van der Waals surface area contributed by atoms with Crippen molar-refractivity contribution in [1.82, 2.24) is 0 Å². The van der Waals surface area contributed by atoms with E-state index in [9.17, 15) is 4.79 Å². The van der Waals surface area contributed by atoms with Crippen LogP contribution in [0.25, 0.3) is 0 Å². The Hall–Kier alpha value is -2.66. The van der Waals surface area contributed by atoms with Crippen LogP contribution in [0.4, 0.5) is 5.69 Å². The molecule has 3 aromatic rings. The Morgan fingerprint density at radius 2 is 1.43 bits per heavy atom. The fourth-order valence-electron chi connectivity index (χ4n) is 5.17. The number of carbonyl (C=O) groups excluding carboxylic acids is 1. The maximum absolute atomic E-state index is 12.6. The van der Waals surface area contributed by atoms with E-state index in [0.29, 0.717) is 6.54 Å². The minimum Gasteiger partial charge on any atom is -0.494 e. The zero-order valence-electron chi connectivity index (χ0n) is 25.0. The number of ether oxygens (including phenoxy) is 1. The lowest BCUT2D eigenvalue weighted by atomic mass is 10.0. The first-order valence-electron chi connectivity index (χ1n) is 15.7. The minimum absolute atomic E-state index is 0.0362. The number of unbranched alkanes of at least 4 members (excludes halogenated alkanes) is 13. The van der Waals surface area contributed by atoms with E-state index >= 15 is 0 Å². The number of hydrogen-bond donors (Lipinski definition) is 0. The first kappa shape index (κ1) is 31.9. The molecule has 0 bridgehead atoms. The number of nitrogens with zero attached hydrogens (tertiary/aromatic N) is 2. The summed E-state index contributed by atoms with van der Waals surface area (Å²) in [5, 5.41) is 2.07. The van der Waals surface area contributed by atoms with Gasteiger partial charge in [-0.25, -0.2) is 0 Å². The zero-order valence-corrected chi connectivity index (χ0v) is 25.8. The van der Waals surface area contributed by atoms with Crippen LogP contribution in [0.3, 0.4) is 0 Å². The number of aromatic nitrogens is 1. The van der Waals surface area contributed by atoms with Crippen molar-refractivity contribution in [1.29, 1.82) is 0 Å². The van der Waals surface area contributed by atoms with Gasteiger partial charge in [-0.1, -0.05) is 126 Å². The van der Waals surface area contributed by atoms with Gasteiger partial charge in [0.05, 0.1) is 18.5 Å². The van der Waals surface area contributed by atoms with Crippen molar-refractivity contribution in [3.05, 3.63) is 76.7 Å². The smallest absolute Gasteiger partial charge is 0.224 e. The third-order valence-corrected chi connectivity index (χ3v) is 8.17. The second-order valence-corrected chi connectivity index (χ2v) is 11.8. The zero-order chi connectivity index (χ0) is 28.3. The van der Waals surface area contributed by atoms with E-state index in [2.05, 4.69) is 52.8 Å². The molecule has 0 fully saturated rings. The lowest BCUT2D eigenvalue weighted by Crippen LogP contribution is -2.31. The first-order valence-corrected chi connectivity index (χ1v) is 16.6. The van der Waals surface area contributed by atoms with Gasteiger partial charge >= 0.3 is 0 Å². The molecule has 0 radical (unpaired) electrons. The van der Waals surface area contributed by atoms with E-state index in [1.165, 1.54) is 89.0 Å². The van der Waals surface area contributed by atoms with Crippen molar-refractivity contribution in [3.8, 4) is 5.75 Å². The Bertz CT molecular complexity index is 1080. The number of hydrogen-bond acceptors (Lipinski definition) is 3. The van der Waals surface area contributed by atoms with Crippen LogP contribution in [0.15, 0.2) is 65.6 Å². The van der Waals surface area contributed by atoms with Gasteiger partial charge in [0.2, 0.25) is 11.4 Å². The molecule has 0 N–H and O–H groups in total. The van der Waals surface area contributed by atoms with Gasteiger partial charge in [0, 0.05) is 18.2 Å². The summed E-state index contributed by atoms with van der Waals surface area (Å²) in [5.74, 6) is 0.923. The van der Waals surface area contributed by atoms with Crippen molar-refractivity contribution in [2.75, 3.05) is 11.5 Å². The van der Waals surface area contributed by atoms with Crippen LogP contribution in [0.5, 0.6) is 5.75 Å². The molecular weight excluding hydrogens is 512 g/mol. The van der Waals surface area contributed by atoms with Crippen LogP contribution in [-0.4, -0.2) is 12.5 Å². The Morgan fingerprint density at radius 1 is 0.800 bits per heavy atom. The Morgan fingerprint density at radius 3 is 2.05 bits per heavy atom. The summed E-state index contributed by atoms with van der Waals surface area (Å²) in [6, 6.07) is 16.5. The van der Waals surface area contributed by atoms with Crippen LogP contribution in [0.1, 0.15) is 115 Å². The van der Waals surface area contributed by atoms with Crippen LogP contribution in [0, 0.1) is 0 Å². The number of benzene rings is 2. The predicted octanol–water partition coefficient (Wildman–Crippen LogP) is 9.50. The first-order chi connectivity index (χ1) is 19.7. The molecule has 40 heavy (non-hydrogen) atoms. The van der Waals surface area contributed by atoms with Gasteiger partial charge in [-0.05, 0) is 36.2 Å². The van der Waals surface area contributed by atoms with E-state index < -0.39 is 0 Å². The lowest BCUT2D eigenvalue weighted by molar-refractivity contribution is -0.683. The molecule has 0 aliphatic heterocycles. The molecule has 0 unspecified atom stereocenters. The normalized spacial score (nSPS) is 11.1. The highest BCUT2D eigenvalue weighted by molar-refractivity contribution is 7.07. The third-order valence-electron chi connectivity index (χ3n) is 7.50. The van der Waals surface area contributed by atoms with Crippen LogP contribution in [0.2, 0.25) is 0 Å². The summed E-state index contributed by atoms with van der Waals surface area (Å²) in [6.45, 7) is 5.99. The molecule has 0 aliphatic carbocycles. The molecular formula is C35H51N2O2S+. The van der Waals surface area contributed by atoms with Gasteiger partial charge < -0.3 is 9.64 Å². The fraction of sp³-hybridized carbons (Fsp3) is 0.543. The van der Waals surface area contributed by atoms with Crippen LogP contribution in [-0.2, 0) is 17.9 Å². The average molecular weight is 564 g/mol. The maximum atomic E-state index is 12.6. The molecule has 4 nitrogen and oxygen atoms in total. The molecule has 1 amide bonds. The van der Waals surface area contributed by atoms with E-state index in [4.69, 9.17) is 4.74 Å². The number of anilines is 1. The predicted molar refractivity (Wildman–Crippen MR) is 169 cm³/mol. The molecule has 0 spiro atoms. The highest BCUT2D eigenvalue weighted by atomic mass is 32.1. The topological polar surface area (TPSA) is 33.4 Å². The second-order valence-electron chi connectivity index (χ2n) is 11.1. The second kappa shape index (κ2) is 19.4. The summed E-state index contributed by atoms with van der Waals surface area (Å²) in [4.78, 5) is 14.4. The molecule has 2 aromatic carbocycles. The van der Waals surface area contributed by atoms with Crippen molar-refractivity contribution in [2.45, 2.75) is 117 Å². The lowest BCUT2D eigenvalue weighted by Gasteiger charge is -2.22. The van der Waals surface area contributed by atoms with Gasteiger partial charge in [-0.3, -0.25) is 4.79 Å². The molecule has 5 heteroatoms. The van der Waals surface area contributed by atoms with E-state index in [1.807, 2.05) is 29.2 Å². The Balaban J connectivity index is 1.32. The third kappa shape index (κ3) is 12.7. The average Bonchev–Trinajstić information content (AvgIpc) is 3.47. The van der Waals surface area contributed by atoms with Crippen LogP contribution >= 0.6 is 11.3 Å².